The summed E-state index contributed by atoms with van der Waals surface area (Å²) in [5.74, 6) is 0.0523. The Balaban J connectivity index is 1.99. The first-order valence-electron chi connectivity index (χ1n) is 5.90. The van der Waals surface area contributed by atoms with Crippen LogP contribution < -0.4 is 5.32 Å². The van der Waals surface area contributed by atoms with E-state index in [-0.39, 0.29) is 11.7 Å². The number of carbonyl (C=O) groups is 1. The van der Waals surface area contributed by atoms with E-state index in [9.17, 15) is 9.90 Å². The number of phenols is 1. The van der Waals surface area contributed by atoms with Gasteiger partial charge in [0.05, 0.1) is 0 Å². The molecule has 0 aromatic heterocycles. The van der Waals surface area contributed by atoms with E-state index < -0.39 is 0 Å². The SMILES string of the molecule is CSc1ccc(C(=O)NCc2ccccc2O)cc1. The van der Waals surface area contributed by atoms with Crippen molar-refractivity contribution in [2.75, 3.05) is 6.26 Å². The maximum absolute atomic E-state index is 11.9. The van der Waals surface area contributed by atoms with Crippen molar-refractivity contribution in [1.82, 2.24) is 5.32 Å². The summed E-state index contributed by atoms with van der Waals surface area (Å²) in [5, 5.41) is 12.4. The summed E-state index contributed by atoms with van der Waals surface area (Å²) < 4.78 is 0. The van der Waals surface area contributed by atoms with E-state index >= 15 is 0 Å². The largest absolute Gasteiger partial charge is 0.508 e. The molecule has 1 amide bonds. The standard InChI is InChI=1S/C15H15NO2S/c1-19-13-8-6-11(7-9-13)15(18)16-10-12-4-2-3-5-14(12)17/h2-9,17H,10H2,1H3,(H,16,18). The molecule has 0 aliphatic rings. The van der Waals surface area contributed by atoms with Crippen molar-refractivity contribution in [2.45, 2.75) is 11.4 Å². The first-order valence-corrected chi connectivity index (χ1v) is 7.12. The molecule has 19 heavy (non-hydrogen) atoms. The van der Waals surface area contributed by atoms with Crippen LogP contribution >= 0.6 is 11.8 Å². The van der Waals surface area contributed by atoms with Crippen LogP contribution in [0.5, 0.6) is 5.75 Å². The lowest BCUT2D eigenvalue weighted by Gasteiger charge is -2.07. The van der Waals surface area contributed by atoms with Gasteiger partial charge in [-0.1, -0.05) is 18.2 Å². The van der Waals surface area contributed by atoms with E-state index in [0.29, 0.717) is 17.7 Å². The van der Waals surface area contributed by atoms with Gasteiger partial charge >= 0.3 is 0 Å². The van der Waals surface area contributed by atoms with Gasteiger partial charge in [-0.05, 0) is 36.6 Å². The number of phenolic OH excluding ortho intramolecular Hbond substituents is 1. The fraction of sp³-hybridized carbons (Fsp3) is 0.133. The molecule has 0 bridgehead atoms. The molecule has 0 atom stereocenters. The molecule has 0 heterocycles. The number of hydrogen-bond donors (Lipinski definition) is 2. The molecule has 2 aromatic rings. The van der Waals surface area contributed by atoms with Crippen LogP contribution in [0.3, 0.4) is 0 Å². The Labute approximate surface area is 116 Å². The summed E-state index contributed by atoms with van der Waals surface area (Å²) in [6.45, 7) is 0.315. The van der Waals surface area contributed by atoms with Crippen LogP contribution in [0.25, 0.3) is 0 Å². The van der Waals surface area contributed by atoms with Crippen molar-refractivity contribution in [3.05, 3.63) is 59.7 Å². The monoisotopic (exact) mass is 273 g/mol. The molecule has 0 saturated heterocycles. The second-order valence-corrected chi connectivity index (χ2v) is 4.92. The van der Waals surface area contributed by atoms with Crippen molar-refractivity contribution in [1.29, 1.82) is 0 Å². The molecule has 0 aliphatic heterocycles. The summed E-state index contributed by atoms with van der Waals surface area (Å²) in [6.07, 6.45) is 1.99. The number of rotatable bonds is 4. The Hall–Kier alpha value is -1.94. The molecule has 0 unspecified atom stereocenters. The average molecular weight is 273 g/mol. The number of nitrogens with one attached hydrogen (secondary N) is 1. The Bertz CT molecular complexity index is 567. The van der Waals surface area contributed by atoms with Crippen LogP contribution in [-0.4, -0.2) is 17.3 Å². The third kappa shape index (κ3) is 3.51. The van der Waals surface area contributed by atoms with Gasteiger partial charge in [-0.15, -0.1) is 11.8 Å². The van der Waals surface area contributed by atoms with E-state index in [1.807, 2.05) is 24.5 Å². The zero-order valence-corrected chi connectivity index (χ0v) is 11.4. The molecule has 2 N–H and O–H groups in total. The molecule has 0 fully saturated rings. The Morgan fingerprint density at radius 3 is 2.47 bits per heavy atom. The average Bonchev–Trinajstić information content (AvgIpc) is 2.46. The van der Waals surface area contributed by atoms with Gasteiger partial charge in [0, 0.05) is 22.6 Å². The molecule has 0 saturated carbocycles. The lowest BCUT2D eigenvalue weighted by Crippen LogP contribution is -2.22. The molecular weight excluding hydrogens is 258 g/mol. The summed E-state index contributed by atoms with van der Waals surface area (Å²) in [4.78, 5) is 13.1. The van der Waals surface area contributed by atoms with Gasteiger partial charge in [0.1, 0.15) is 5.75 Å². The van der Waals surface area contributed by atoms with Crippen LogP contribution in [0.4, 0.5) is 0 Å². The molecule has 3 nitrogen and oxygen atoms in total. The Morgan fingerprint density at radius 1 is 1.16 bits per heavy atom. The number of aromatic hydroxyl groups is 1. The van der Waals surface area contributed by atoms with Crippen molar-refractivity contribution < 1.29 is 9.90 Å². The summed E-state index contributed by atoms with van der Waals surface area (Å²) in [7, 11) is 0. The highest BCUT2D eigenvalue weighted by Gasteiger charge is 2.06. The normalized spacial score (nSPS) is 10.2. The van der Waals surface area contributed by atoms with Crippen molar-refractivity contribution in [2.24, 2.45) is 0 Å². The van der Waals surface area contributed by atoms with Gasteiger partial charge < -0.3 is 10.4 Å². The van der Waals surface area contributed by atoms with Crippen LogP contribution in [0, 0.1) is 0 Å². The molecular formula is C15H15NO2S. The second kappa shape index (κ2) is 6.29. The zero-order valence-electron chi connectivity index (χ0n) is 10.6. The van der Waals surface area contributed by atoms with Crippen molar-refractivity contribution in [3.8, 4) is 5.75 Å². The van der Waals surface area contributed by atoms with Gasteiger partial charge in [0.15, 0.2) is 0 Å². The summed E-state index contributed by atoms with van der Waals surface area (Å²) in [6, 6.07) is 14.4. The highest BCUT2D eigenvalue weighted by atomic mass is 32.2. The number of benzene rings is 2. The predicted molar refractivity (Wildman–Crippen MR) is 77.5 cm³/mol. The Morgan fingerprint density at radius 2 is 1.84 bits per heavy atom. The van der Waals surface area contributed by atoms with Gasteiger partial charge in [-0.2, -0.15) is 0 Å². The number of carbonyl (C=O) groups excluding carboxylic acids is 1. The number of hydrogen-bond acceptors (Lipinski definition) is 3. The van der Waals surface area contributed by atoms with Crippen LogP contribution in [0.2, 0.25) is 0 Å². The molecule has 2 rings (SSSR count). The highest BCUT2D eigenvalue weighted by Crippen LogP contribution is 2.16. The van der Waals surface area contributed by atoms with E-state index in [1.165, 1.54) is 0 Å². The topological polar surface area (TPSA) is 49.3 Å². The van der Waals surface area contributed by atoms with Gasteiger partial charge in [-0.25, -0.2) is 0 Å². The van der Waals surface area contributed by atoms with E-state index in [4.69, 9.17) is 0 Å². The Kier molecular flexibility index (Phi) is 4.47. The minimum Gasteiger partial charge on any atom is -0.508 e. The highest BCUT2D eigenvalue weighted by molar-refractivity contribution is 7.98. The quantitative estimate of drug-likeness (QED) is 0.842. The minimum absolute atomic E-state index is 0.143. The minimum atomic E-state index is -0.143. The van der Waals surface area contributed by atoms with Crippen LogP contribution in [0.1, 0.15) is 15.9 Å². The molecule has 0 aliphatic carbocycles. The fourth-order valence-electron chi connectivity index (χ4n) is 1.68. The fourth-order valence-corrected chi connectivity index (χ4v) is 2.09. The molecule has 0 spiro atoms. The molecule has 98 valence electrons. The van der Waals surface area contributed by atoms with Crippen molar-refractivity contribution >= 4 is 17.7 Å². The summed E-state index contributed by atoms with van der Waals surface area (Å²) >= 11 is 1.64. The first kappa shape index (κ1) is 13.5. The molecule has 4 heteroatoms. The van der Waals surface area contributed by atoms with Crippen LogP contribution in [-0.2, 0) is 6.54 Å². The number of amides is 1. The maximum Gasteiger partial charge on any atom is 0.251 e. The maximum atomic E-state index is 11.9. The predicted octanol–water partition coefficient (Wildman–Crippen LogP) is 3.04. The third-order valence-corrected chi connectivity index (χ3v) is 3.53. The first-order chi connectivity index (χ1) is 9.20. The summed E-state index contributed by atoms with van der Waals surface area (Å²) in [5.41, 5.74) is 1.32. The second-order valence-electron chi connectivity index (χ2n) is 4.04. The van der Waals surface area contributed by atoms with E-state index in [2.05, 4.69) is 5.32 Å². The third-order valence-electron chi connectivity index (χ3n) is 2.78. The van der Waals surface area contributed by atoms with Gasteiger partial charge in [0.2, 0.25) is 0 Å². The van der Waals surface area contributed by atoms with Gasteiger partial charge in [0.25, 0.3) is 5.91 Å². The number of thioether (sulfide) groups is 1. The van der Waals surface area contributed by atoms with Crippen molar-refractivity contribution in [3.63, 3.8) is 0 Å². The van der Waals surface area contributed by atoms with Crippen LogP contribution in [0.15, 0.2) is 53.4 Å². The van der Waals surface area contributed by atoms with E-state index in [0.717, 1.165) is 4.90 Å². The lowest BCUT2D eigenvalue weighted by atomic mass is 10.2. The molecule has 2 aromatic carbocycles. The zero-order chi connectivity index (χ0) is 13.7. The van der Waals surface area contributed by atoms with E-state index in [1.54, 1.807) is 42.1 Å². The number of para-hydroxylation sites is 1. The lowest BCUT2D eigenvalue weighted by molar-refractivity contribution is 0.0950. The molecule has 0 radical (unpaired) electrons. The smallest absolute Gasteiger partial charge is 0.251 e. The van der Waals surface area contributed by atoms with Gasteiger partial charge in [-0.3, -0.25) is 4.79 Å².